The zero-order valence-corrected chi connectivity index (χ0v) is 18.3. The number of carbonyl (C=O) groups is 2. The van der Waals surface area contributed by atoms with E-state index >= 15 is 0 Å². The lowest BCUT2D eigenvalue weighted by atomic mass is 10.1. The lowest BCUT2D eigenvalue weighted by molar-refractivity contribution is -0.143. The van der Waals surface area contributed by atoms with Gasteiger partial charge in [0.05, 0.1) is 7.11 Å². The van der Waals surface area contributed by atoms with Gasteiger partial charge in [-0.15, -0.1) is 0 Å². The highest BCUT2D eigenvalue weighted by Gasteiger charge is 2.28. The SMILES string of the molecule is CCCNC(=O)C(CC)N(Cc1ccc(C)cc1)C(=O)COc1ccccc1OC. The van der Waals surface area contributed by atoms with E-state index in [0.717, 1.165) is 17.5 Å². The summed E-state index contributed by atoms with van der Waals surface area (Å²) in [6.07, 6.45) is 1.35. The van der Waals surface area contributed by atoms with Crippen molar-refractivity contribution in [1.29, 1.82) is 0 Å². The Morgan fingerprint density at radius 3 is 2.30 bits per heavy atom. The van der Waals surface area contributed by atoms with Gasteiger partial charge >= 0.3 is 0 Å². The molecule has 0 spiro atoms. The third-order valence-corrected chi connectivity index (χ3v) is 4.83. The van der Waals surface area contributed by atoms with E-state index < -0.39 is 6.04 Å². The fourth-order valence-electron chi connectivity index (χ4n) is 3.14. The van der Waals surface area contributed by atoms with Crippen molar-refractivity contribution in [3.05, 3.63) is 59.7 Å². The molecule has 6 heteroatoms. The van der Waals surface area contributed by atoms with E-state index in [9.17, 15) is 9.59 Å². The third kappa shape index (κ3) is 6.51. The topological polar surface area (TPSA) is 67.9 Å². The molecular formula is C24H32N2O4. The van der Waals surface area contributed by atoms with Crippen molar-refractivity contribution in [2.24, 2.45) is 0 Å². The summed E-state index contributed by atoms with van der Waals surface area (Å²) in [6, 6.07) is 14.6. The Kier molecular flexibility index (Phi) is 9.19. The first-order valence-electron chi connectivity index (χ1n) is 10.4. The number of rotatable bonds is 11. The van der Waals surface area contributed by atoms with Crippen LogP contribution in [0, 0.1) is 6.92 Å². The molecule has 2 aromatic carbocycles. The van der Waals surface area contributed by atoms with Crippen LogP contribution in [0.5, 0.6) is 11.5 Å². The van der Waals surface area contributed by atoms with E-state index in [-0.39, 0.29) is 18.4 Å². The van der Waals surface area contributed by atoms with Crippen LogP contribution in [-0.2, 0) is 16.1 Å². The number of hydrogen-bond donors (Lipinski definition) is 1. The average Bonchev–Trinajstić information content (AvgIpc) is 2.77. The third-order valence-electron chi connectivity index (χ3n) is 4.83. The van der Waals surface area contributed by atoms with Crippen molar-refractivity contribution in [1.82, 2.24) is 10.2 Å². The molecule has 0 aromatic heterocycles. The number of carbonyl (C=O) groups excluding carboxylic acids is 2. The van der Waals surface area contributed by atoms with Crippen molar-refractivity contribution < 1.29 is 19.1 Å². The minimum atomic E-state index is -0.563. The summed E-state index contributed by atoms with van der Waals surface area (Å²) < 4.78 is 11.0. The van der Waals surface area contributed by atoms with Crippen LogP contribution in [0.3, 0.4) is 0 Å². The number of hydrogen-bond acceptors (Lipinski definition) is 4. The van der Waals surface area contributed by atoms with Gasteiger partial charge in [-0.3, -0.25) is 9.59 Å². The molecule has 0 saturated carbocycles. The van der Waals surface area contributed by atoms with Crippen molar-refractivity contribution >= 4 is 11.8 Å². The van der Waals surface area contributed by atoms with Crippen molar-refractivity contribution in [3.63, 3.8) is 0 Å². The standard InChI is InChI=1S/C24H32N2O4/c1-5-15-25-24(28)20(6-2)26(16-19-13-11-18(3)12-14-19)23(27)17-30-22-10-8-7-9-21(22)29-4/h7-14,20H,5-6,15-17H2,1-4H3,(H,25,28). The van der Waals surface area contributed by atoms with Gasteiger partial charge in [0.15, 0.2) is 18.1 Å². The lowest BCUT2D eigenvalue weighted by Crippen LogP contribution is -2.50. The molecule has 30 heavy (non-hydrogen) atoms. The second kappa shape index (κ2) is 11.9. The van der Waals surface area contributed by atoms with Gasteiger partial charge in [0.25, 0.3) is 5.91 Å². The Balaban J connectivity index is 2.20. The van der Waals surface area contributed by atoms with Gasteiger partial charge in [-0.05, 0) is 37.5 Å². The second-order valence-electron chi connectivity index (χ2n) is 7.16. The van der Waals surface area contributed by atoms with Gasteiger partial charge in [0, 0.05) is 13.1 Å². The van der Waals surface area contributed by atoms with E-state index in [2.05, 4.69) is 5.32 Å². The molecule has 1 unspecified atom stereocenters. The molecule has 0 saturated heterocycles. The minimum Gasteiger partial charge on any atom is -0.493 e. The van der Waals surface area contributed by atoms with Gasteiger partial charge < -0.3 is 19.7 Å². The zero-order chi connectivity index (χ0) is 21.9. The maximum atomic E-state index is 13.1. The number of methoxy groups -OCH3 is 1. The van der Waals surface area contributed by atoms with Gasteiger partial charge in [0.1, 0.15) is 6.04 Å². The predicted molar refractivity (Wildman–Crippen MR) is 118 cm³/mol. The largest absolute Gasteiger partial charge is 0.493 e. The van der Waals surface area contributed by atoms with E-state index in [1.165, 1.54) is 0 Å². The second-order valence-corrected chi connectivity index (χ2v) is 7.16. The Morgan fingerprint density at radius 1 is 1.03 bits per heavy atom. The van der Waals surface area contributed by atoms with Gasteiger partial charge in [0.2, 0.25) is 5.91 Å². The summed E-state index contributed by atoms with van der Waals surface area (Å²) in [4.78, 5) is 27.5. The molecule has 2 aromatic rings. The molecule has 1 atom stereocenters. The monoisotopic (exact) mass is 412 g/mol. The summed E-state index contributed by atoms with van der Waals surface area (Å²) in [5.41, 5.74) is 2.11. The molecule has 2 rings (SSSR count). The Morgan fingerprint density at radius 2 is 1.70 bits per heavy atom. The van der Waals surface area contributed by atoms with Crippen LogP contribution in [0.4, 0.5) is 0 Å². The first-order chi connectivity index (χ1) is 14.5. The quantitative estimate of drug-likeness (QED) is 0.611. The van der Waals surface area contributed by atoms with Gasteiger partial charge in [-0.25, -0.2) is 0 Å². The minimum absolute atomic E-state index is 0.142. The molecule has 0 aliphatic rings. The highest BCUT2D eigenvalue weighted by Crippen LogP contribution is 2.26. The molecule has 0 radical (unpaired) electrons. The molecule has 0 aliphatic heterocycles. The molecule has 0 heterocycles. The van der Waals surface area contributed by atoms with Crippen molar-refractivity contribution in [2.45, 2.75) is 46.2 Å². The van der Waals surface area contributed by atoms with Gasteiger partial charge in [-0.1, -0.05) is 55.8 Å². The highest BCUT2D eigenvalue weighted by molar-refractivity contribution is 5.88. The van der Waals surface area contributed by atoms with E-state index in [1.54, 1.807) is 24.1 Å². The molecule has 2 amide bonds. The van der Waals surface area contributed by atoms with Crippen molar-refractivity contribution in [2.75, 3.05) is 20.3 Å². The average molecular weight is 413 g/mol. The van der Waals surface area contributed by atoms with Crippen LogP contribution >= 0.6 is 0 Å². The number of para-hydroxylation sites is 2. The normalized spacial score (nSPS) is 11.5. The summed E-state index contributed by atoms with van der Waals surface area (Å²) >= 11 is 0. The number of nitrogens with zero attached hydrogens (tertiary/aromatic N) is 1. The van der Waals surface area contributed by atoms with E-state index in [1.807, 2.05) is 57.2 Å². The molecule has 0 aliphatic carbocycles. The molecule has 0 fully saturated rings. The molecule has 6 nitrogen and oxygen atoms in total. The highest BCUT2D eigenvalue weighted by atomic mass is 16.5. The van der Waals surface area contributed by atoms with E-state index in [0.29, 0.717) is 31.0 Å². The fraction of sp³-hybridized carbons (Fsp3) is 0.417. The van der Waals surface area contributed by atoms with Crippen LogP contribution < -0.4 is 14.8 Å². The lowest BCUT2D eigenvalue weighted by Gasteiger charge is -2.30. The van der Waals surface area contributed by atoms with Crippen LogP contribution in [-0.4, -0.2) is 43.0 Å². The number of benzene rings is 2. The van der Waals surface area contributed by atoms with Crippen LogP contribution in [0.15, 0.2) is 48.5 Å². The number of nitrogens with one attached hydrogen (secondary N) is 1. The molecule has 1 N–H and O–H groups in total. The Bertz CT molecular complexity index is 820. The first-order valence-corrected chi connectivity index (χ1v) is 10.4. The maximum absolute atomic E-state index is 13.1. The van der Waals surface area contributed by atoms with Crippen molar-refractivity contribution in [3.8, 4) is 11.5 Å². The first kappa shape index (κ1) is 23.3. The van der Waals surface area contributed by atoms with E-state index in [4.69, 9.17) is 9.47 Å². The zero-order valence-electron chi connectivity index (χ0n) is 18.3. The maximum Gasteiger partial charge on any atom is 0.261 e. The molecule has 0 bridgehead atoms. The number of aryl methyl sites for hydroxylation is 1. The molecule has 162 valence electrons. The fourth-order valence-corrected chi connectivity index (χ4v) is 3.14. The summed E-state index contributed by atoms with van der Waals surface area (Å²) in [5, 5.41) is 2.91. The number of ether oxygens (including phenoxy) is 2. The summed E-state index contributed by atoms with van der Waals surface area (Å²) in [7, 11) is 1.55. The Labute approximate surface area is 179 Å². The molecular weight excluding hydrogens is 380 g/mol. The summed E-state index contributed by atoms with van der Waals surface area (Å²) in [5.74, 6) is 0.660. The predicted octanol–water partition coefficient (Wildman–Crippen LogP) is 3.72. The number of amides is 2. The van der Waals surface area contributed by atoms with Crippen LogP contribution in [0.2, 0.25) is 0 Å². The van der Waals surface area contributed by atoms with Crippen LogP contribution in [0.1, 0.15) is 37.8 Å². The van der Waals surface area contributed by atoms with Gasteiger partial charge in [-0.2, -0.15) is 0 Å². The Hall–Kier alpha value is -3.02. The van der Waals surface area contributed by atoms with Crippen LogP contribution in [0.25, 0.3) is 0 Å². The summed E-state index contributed by atoms with van der Waals surface area (Å²) in [6.45, 7) is 6.67. The smallest absolute Gasteiger partial charge is 0.261 e.